The molecular formula is C26H36N2O2S. The third-order valence-electron chi connectivity index (χ3n) is 5.11. The summed E-state index contributed by atoms with van der Waals surface area (Å²) in [5.41, 5.74) is 3.43. The van der Waals surface area contributed by atoms with E-state index in [0.29, 0.717) is 37.6 Å². The largest absolute Gasteiger partial charge is 0.354 e. The van der Waals surface area contributed by atoms with Gasteiger partial charge in [0, 0.05) is 30.2 Å². The fourth-order valence-electron chi connectivity index (χ4n) is 3.38. The molecule has 0 spiro atoms. The van der Waals surface area contributed by atoms with Crippen LogP contribution in [0.2, 0.25) is 0 Å². The van der Waals surface area contributed by atoms with Gasteiger partial charge in [0.2, 0.25) is 11.8 Å². The van der Waals surface area contributed by atoms with Crippen LogP contribution in [0, 0.1) is 19.8 Å². The van der Waals surface area contributed by atoms with Crippen molar-refractivity contribution in [1.29, 1.82) is 0 Å². The van der Waals surface area contributed by atoms with Crippen LogP contribution in [0.4, 0.5) is 0 Å². The first kappa shape index (κ1) is 25.0. The second-order valence-electron chi connectivity index (χ2n) is 8.49. The van der Waals surface area contributed by atoms with Gasteiger partial charge in [-0.15, -0.1) is 11.8 Å². The number of thioether (sulfide) groups is 1. The molecule has 0 radical (unpaired) electrons. The van der Waals surface area contributed by atoms with E-state index in [0.717, 1.165) is 16.0 Å². The molecular weight excluding hydrogens is 404 g/mol. The zero-order valence-electron chi connectivity index (χ0n) is 19.5. The molecule has 0 saturated carbocycles. The van der Waals surface area contributed by atoms with Gasteiger partial charge in [-0.3, -0.25) is 9.59 Å². The van der Waals surface area contributed by atoms with Crippen LogP contribution in [0.5, 0.6) is 0 Å². The van der Waals surface area contributed by atoms with Crippen molar-refractivity contribution in [3.63, 3.8) is 0 Å². The molecule has 0 aliphatic heterocycles. The Balaban J connectivity index is 2.11. The van der Waals surface area contributed by atoms with Gasteiger partial charge in [0.25, 0.3) is 0 Å². The maximum atomic E-state index is 13.3. The molecule has 0 fully saturated rings. The third-order valence-corrected chi connectivity index (χ3v) is 6.13. The minimum absolute atomic E-state index is 0.0210. The smallest absolute Gasteiger partial charge is 0.242 e. The van der Waals surface area contributed by atoms with Crippen LogP contribution in [-0.4, -0.2) is 35.1 Å². The minimum Gasteiger partial charge on any atom is -0.354 e. The zero-order valence-corrected chi connectivity index (χ0v) is 20.3. The van der Waals surface area contributed by atoms with Crippen molar-refractivity contribution < 1.29 is 9.59 Å². The lowest BCUT2D eigenvalue weighted by Gasteiger charge is -2.31. The molecule has 0 heterocycles. The Morgan fingerprint density at radius 3 is 2.35 bits per heavy atom. The van der Waals surface area contributed by atoms with Gasteiger partial charge in [0.15, 0.2) is 0 Å². The van der Waals surface area contributed by atoms with Crippen LogP contribution >= 0.6 is 11.8 Å². The van der Waals surface area contributed by atoms with Gasteiger partial charge < -0.3 is 10.2 Å². The van der Waals surface area contributed by atoms with Gasteiger partial charge in [-0.05, 0) is 43.9 Å². The molecule has 0 aliphatic carbocycles. The number of carbonyl (C=O) groups is 2. The fraction of sp³-hybridized carbons (Fsp3) is 0.462. The predicted molar refractivity (Wildman–Crippen MR) is 130 cm³/mol. The molecule has 1 atom stereocenters. The van der Waals surface area contributed by atoms with Gasteiger partial charge in [-0.2, -0.15) is 0 Å². The Morgan fingerprint density at radius 2 is 1.74 bits per heavy atom. The molecule has 0 saturated heterocycles. The van der Waals surface area contributed by atoms with Crippen molar-refractivity contribution in [1.82, 2.24) is 10.2 Å². The lowest BCUT2D eigenvalue weighted by molar-refractivity contribution is -0.141. The summed E-state index contributed by atoms with van der Waals surface area (Å²) in [4.78, 5) is 29.1. The summed E-state index contributed by atoms with van der Waals surface area (Å²) in [6, 6.07) is 16.0. The summed E-state index contributed by atoms with van der Waals surface area (Å²) in [7, 11) is 0. The number of benzene rings is 2. The van der Waals surface area contributed by atoms with Gasteiger partial charge in [0.05, 0.1) is 0 Å². The molecule has 168 valence electrons. The fourth-order valence-corrected chi connectivity index (χ4v) is 4.22. The highest BCUT2D eigenvalue weighted by Crippen LogP contribution is 2.21. The van der Waals surface area contributed by atoms with E-state index in [9.17, 15) is 9.59 Å². The molecule has 5 heteroatoms. The van der Waals surface area contributed by atoms with E-state index in [2.05, 4.69) is 56.4 Å². The second-order valence-corrected chi connectivity index (χ2v) is 9.65. The van der Waals surface area contributed by atoms with Crippen LogP contribution in [0.25, 0.3) is 0 Å². The van der Waals surface area contributed by atoms with Crippen LogP contribution < -0.4 is 5.32 Å². The highest BCUT2D eigenvalue weighted by Gasteiger charge is 2.28. The Hall–Kier alpha value is -2.27. The molecule has 0 aliphatic rings. The molecule has 2 amide bonds. The van der Waals surface area contributed by atoms with E-state index in [1.54, 1.807) is 16.7 Å². The third kappa shape index (κ3) is 8.41. The Labute approximate surface area is 191 Å². The van der Waals surface area contributed by atoms with Crippen molar-refractivity contribution >= 4 is 23.6 Å². The Morgan fingerprint density at radius 1 is 1.03 bits per heavy atom. The SMILES string of the molecule is CC[C@H](C(=O)NCC(C)C)N(Cc1cccc(C)c1)C(=O)CCSc1ccc(C)cc1. The number of nitrogens with one attached hydrogen (secondary N) is 1. The molecule has 31 heavy (non-hydrogen) atoms. The number of amides is 2. The van der Waals surface area contributed by atoms with Gasteiger partial charge >= 0.3 is 0 Å². The van der Waals surface area contributed by atoms with Crippen molar-refractivity contribution in [3.8, 4) is 0 Å². The maximum Gasteiger partial charge on any atom is 0.242 e. The number of hydrogen-bond acceptors (Lipinski definition) is 3. The molecule has 4 nitrogen and oxygen atoms in total. The quantitative estimate of drug-likeness (QED) is 0.478. The number of aryl methyl sites for hydroxylation is 2. The van der Waals surface area contributed by atoms with Gasteiger partial charge in [-0.1, -0.05) is 68.3 Å². The van der Waals surface area contributed by atoms with E-state index < -0.39 is 6.04 Å². The number of nitrogens with zero attached hydrogens (tertiary/aromatic N) is 1. The Bertz CT molecular complexity index is 849. The molecule has 0 bridgehead atoms. The zero-order chi connectivity index (χ0) is 22.8. The first-order valence-corrected chi connectivity index (χ1v) is 12.1. The standard InChI is InChI=1S/C26H36N2O2S/c1-6-24(26(30)27-17-19(2)3)28(18-22-9-7-8-21(5)16-22)25(29)14-15-31-23-12-10-20(4)11-13-23/h7-13,16,19,24H,6,14-15,17-18H2,1-5H3,(H,27,30)/t24-/m1/s1. The van der Waals surface area contributed by atoms with Gasteiger partial charge in [0.1, 0.15) is 6.04 Å². The highest BCUT2D eigenvalue weighted by atomic mass is 32.2. The summed E-state index contributed by atoms with van der Waals surface area (Å²) in [5.74, 6) is 1.01. The van der Waals surface area contributed by atoms with E-state index in [1.165, 1.54) is 5.56 Å². The Kier molecular flexibility index (Phi) is 10.1. The van der Waals surface area contributed by atoms with Crippen molar-refractivity contribution in [2.45, 2.75) is 64.9 Å². The summed E-state index contributed by atoms with van der Waals surface area (Å²) < 4.78 is 0. The second kappa shape index (κ2) is 12.6. The first-order chi connectivity index (χ1) is 14.8. The number of carbonyl (C=O) groups excluding carboxylic acids is 2. The van der Waals surface area contributed by atoms with Crippen LogP contribution in [0.15, 0.2) is 53.4 Å². The summed E-state index contributed by atoms with van der Waals surface area (Å²) in [6.45, 7) is 11.3. The monoisotopic (exact) mass is 440 g/mol. The highest BCUT2D eigenvalue weighted by molar-refractivity contribution is 7.99. The average Bonchev–Trinajstić information content (AvgIpc) is 2.73. The predicted octanol–water partition coefficient (Wildman–Crippen LogP) is 5.37. The first-order valence-electron chi connectivity index (χ1n) is 11.1. The lowest BCUT2D eigenvalue weighted by Crippen LogP contribution is -2.49. The average molecular weight is 441 g/mol. The van der Waals surface area contributed by atoms with Crippen molar-refractivity contribution in [2.75, 3.05) is 12.3 Å². The van der Waals surface area contributed by atoms with Crippen molar-refractivity contribution in [2.24, 2.45) is 5.92 Å². The van der Waals surface area contributed by atoms with Crippen molar-refractivity contribution in [3.05, 3.63) is 65.2 Å². The molecule has 2 aromatic rings. The van der Waals surface area contributed by atoms with Gasteiger partial charge in [-0.25, -0.2) is 0 Å². The molecule has 1 N–H and O–H groups in total. The van der Waals surface area contributed by atoms with Crippen LogP contribution in [-0.2, 0) is 16.1 Å². The summed E-state index contributed by atoms with van der Waals surface area (Å²) in [5, 5.41) is 3.01. The van der Waals surface area contributed by atoms with E-state index in [1.807, 2.05) is 32.0 Å². The minimum atomic E-state index is -0.462. The summed E-state index contributed by atoms with van der Waals surface area (Å²) in [6.07, 6.45) is 0.991. The molecule has 2 rings (SSSR count). The normalized spacial score (nSPS) is 11.9. The van der Waals surface area contributed by atoms with E-state index >= 15 is 0 Å². The van der Waals surface area contributed by atoms with Crippen LogP contribution in [0.3, 0.4) is 0 Å². The lowest BCUT2D eigenvalue weighted by atomic mass is 10.1. The van der Waals surface area contributed by atoms with E-state index in [-0.39, 0.29) is 11.8 Å². The van der Waals surface area contributed by atoms with Crippen LogP contribution in [0.1, 0.15) is 50.3 Å². The number of rotatable bonds is 11. The molecule has 0 aromatic heterocycles. The maximum absolute atomic E-state index is 13.3. The summed E-state index contributed by atoms with van der Waals surface area (Å²) >= 11 is 1.68. The molecule has 2 aromatic carbocycles. The number of hydrogen-bond donors (Lipinski definition) is 1. The topological polar surface area (TPSA) is 49.4 Å². The van der Waals surface area contributed by atoms with E-state index in [4.69, 9.17) is 0 Å². The molecule has 0 unspecified atom stereocenters.